The van der Waals surface area contributed by atoms with Gasteiger partial charge in [-0.2, -0.15) is 13.2 Å². The number of benzene rings is 2. The van der Waals surface area contributed by atoms with Crippen molar-refractivity contribution >= 4 is 11.6 Å². The molecule has 0 fully saturated rings. The third kappa shape index (κ3) is 4.46. The topological polar surface area (TPSA) is 51.1 Å². The summed E-state index contributed by atoms with van der Waals surface area (Å²) in [5.41, 5.74) is -1.11. The molecular formula is C20H14F4N2O2. The summed E-state index contributed by atoms with van der Waals surface area (Å²) in [6.07, 6.45) is -3.37. The van der Waals surface area contributed by atoms with E-state index >= 15 is 0 Å². The lowest BCUT2D eigenvalue weighted by Crippen LogP contribution is -2.23. The molecule has 0 aliphatic rings. The monoisotopic (exact) mass is 390 g/mol. The van der Waals surface area contributed by atoms with E-state index < -0.39 is 29.0 Å². The van der Waals surface area contributed by atoms with Gasteiger partial charge in [0.25, 0.3) is 11.5 Å². The van der Waals surface area contributed by atoms with Gasteiger partial charge in [0.1, 0.15) is 5.82 Å². The third-order valence-electron chi connectivity index (χ3n) is 3.99. The Kier molecular flexibility index (Phi) is 5.30. The summed E-state index contributed by atoms with van der Waals surface area (Å²) in [6, 6.07) is 12.5. The highest BCUT2D eigenvalue weighted by molar-refractivity contribution is 6.04. The molecule has 8 heteroatoms. The van der Waals surface area contributed by atoms with Crippen LogP contribution in [0.25, 0.3) is 0 Å². The van der Waals surface area contributed by atoms with E-state index in [1.165, 1.54) is 53.2 Å². The van der Waals surface area contributed by atoms with Crippen molar-refractivity contribution in [1.82, 2.24) is 4.57 Å². The molecule has 2 aromatic carbocycles. The summed E-state index contributed by atoms with van der Waals surface area (Å²) in [7, 11) is 0. The predicted molar refractivity (Wildman–Crippen MR) is 95.6 cm³/mol. The van der Waals surface area contributed by atoms with Gasteiger partial charge in [-0.05, 0) is 35.9 Å². The molecular weight excluding hydrogens is 376 g/mol. The molecule has 0 saturated heterocycles. The second kappa shape index (κ2) is 7.67. The van der Waals surface area contributed by atoms with Crippen molar-refractivity contribution in [2.75, 3.05) is 5.32 Å². The highest BCUT2D eigenvalue weighted by Gasteiger charge is 2.33. The molecule has 0 radical (unpaired) electrons. The lowest BCUT2D eigenvalue weighted by molar-refractivity contribution is -0.136. The average molecular weight is 390 g/mol. The number of anilines is 1. The van der Waals surface area contributed by atoms with E-state index in [-0.39, 0.29) is 17.8 Å². The zero-order valence-corrected chi connectivity index (χ0v) is 14.3. The molecule has 4 nitrogen and oxygen atoms in total. The fourth-order valence-corrected chi connectivity index (χ4v) is 2.61. The van der Waals surface area contributed by atoms with Gasteiger partial charge in [0, 0.05) is 12.3 Å². The number of nitrogens with one attached hydrogen (secondary N) is 1. The average Bonchev–Trinajstić information content (AvgIpc) is 2.65. The standard InChI is InChI=1S/C20H14F4N2O2/c21-15-8-5-13(6-9-15)11-26-12-14(7-10-18(26)27)19(28)25-17-4-2-1-3-16(17)20(22,23)24/h1-10,12H,11H2,(H,25,28). The van der Waals surface area contributed by atoms with Gasteiger partial charge >= 0.3 is 6.18 Å². The number of rotatable bonds is 4. The van der Waals surface area contributed by atoms with Crippen LogP contribution in [0.5, 0.6) is 0 Å². The van der Waals surface area contributed by atoms with Gasteiger partial charge in [-0.15, -0.1) is 0 Å². The van der Waals surface area contributed by atoms with Crippen LogP contribution in [0.15, 0.2) is 71.7 Å². The van der Waals surface area contributed by atoms with Crippen LogP contribution in [0, 0.1) is 5.82 Å². The Morgan fingerprint density at radius 3 is 2.32 bits per heavy atom. The summed E-state index contributed by atoms with van der Waals surface area (Å²) in [5.74, 6) is -1.21. The molecule has 3 rings (SSSR count). The molecule has 1 aromatic heterocycles. The van der Waals surface area contributed by atoms with Gasteiger partial charge in [-0.1, -0.05) is 24.3 Å². The van der Waals surface area contributed by atoms with Gasteiger partial charge < -0.3 is 9.88 Å². The van der Waals surface area contributed by atoms with Crippen LogP contribution in [0.4, 0.5) is 23.2 Å². The first-order valence-electron chi connectivity index (χ1n) is 8.16. The summed E-state index contributed by atoms with van der Waals surface area (Å²) < 4.78 is 53.4. The molecule has 1 amide bonds. The van der Waals surface area contributed by atoms with Crippen molar-refractivity contribution in [2.24, 2.45) is 0 Å². The van der Waals surface area contributed by atoms with Crippen LogP contribution < -0.4 is 10.9 Å². The molecule has 144 valence electrons. The number of aromatic nitrogens is 1. The Hall–Kier alpha value is -3.42. The minimum atomic E-state index is -4.62. The molecule has 28 heavy (non-hydrogen) atoms. The van der Waals surface area contributed by atoms with E-state index in [2.05, 4.69) is 5.32 Å². The van der Waals surface area contributed by atoms with Crippen molar-refractivity contribution in [2.45, 2.75) is 12.7 Å². The van der Waals surface area contributed by atoms with Gasteiger partial charge in [-0.25, -0.2) is 4.39 Å². The van der Waals surface area contributed by atoms with Crippen molar-refractivity contribution in [3.63, 3.8) is 0 Å². The van der Waals surface area contributed by atoms with E-state index in [0.29, 0.717) is 5.56 Å². The van der Waals surface area contributed by atoms with Crippen LogP contribution in [0.1, 0.15) is 21.5 Å². The lowest BCUT2D eigenvalue weighted by atomic mass is 10.1. The Bertz CT molecular complexity index is 1060. The number of hydrogen-bond donors (Lipinski definition) is 1. The molecule has 0 atom stereocenters. The van der Waals surface area contributed by atoms with Crippen molar-refractivity contribution in [3.05, 3.63) is 99.7 Å². The normalized spacial score (nSPS) is 11.3. The quantitative estimate of drug-likeness (QED) is 0.675. The summed E-state index contributed by atoms with van der Waals surface area (Å²) >= 11 is 0. The second-order valence-corrected chi connectivity index (χ2v) is 6.01. The van der Waals surface area contributed by atoms with Crippen LogP contribution in [0.3, 0.4) is 0 Å². The van der Waals surface area contributed by atoms with E-state index in [9.17, 15) is 27.2 Å². The summed E-state index contributed by atoms with van der Waals surface area (Å²) in [5, 5.41) is 2.23. The van der Waals surface area contributed by atoms with E-state index in [1.54, 1.807) is 0 Å². The number of pyridine rings is 1. The van der Waals surface area contributed by atoms with Crippen LogP contribution >= 0.6 is 0 Å². The fourth-order valence-electron chi connectivity index (χ4n) is 2.61. The maximum Gasteiger partial charge on any atom is 0.418 e. The van der Waals surface area contributed by atoms with Gasteiger partial charge in [0.05, 0.1) is 23.4 Å². The maximum atomic E-state index is 13.1. The molecule has 0 bridgehead atoms. The lowest BCUT2D eigenvalue weighted by Gasteiger charge is -2.14. The molecule has 0 saturated carbocycles. The number of halogens is 4. The largest absolute Gasteiger partial charge is 0.418 e. The number of alkyl halides is 3. The van der Waals surface area contributed by atoms with Gasteiger partial charge in [0.15, 0.2) is 0 Å². The summed E-state index contributed by atoms with van der Waals surface area (Å²) in [6.45, 7) is 0.0827. The number of hydrogen-bond acceptors (Lipinski definition) is 2. The highest BCUT2D eigenvalue weighted by atomic mass is 19.4. The molecule has 0 aliphatic heterocycles. The first-order chi connectivity index (χ1) is 13.2. The first-order valence-corrected chi connectivity index (χ1v) is 8.16. The molecule has 0 aliphatic carbocycles. The zero-order chi connectivity index (χ0) is 20.3. The Balaban J connectivity index is 1.86. The first kappa shape index (κ1) is 19.3. The second-order valence-electron chi connectivity index (χ2n) is 6.01. The predicted octanol–water partition coefficient (Wildman–Crippen LogP) is 4.31. The van der Waals surface area contributed by atoms with Crippen LogP contribution in [0.2, 0.25) is 0 Å². The third-order valence-corrected chi connectivity index (χ3v) is 3.99. The smallest absolute Gasteiger partial charge is 0.321 e. The van der Waals surface area contributed by atoms with E-state index in [0.717, 1.165) is 18.2 Å². The molecule has 1 N–H and O–H groups in total. The van der Waals surface area contributed by atoms with Crippen molar-refractivity contribution < 1.29 is 22.4 Å². The Morgan fingerprint density at radius 2 is 1.64 bits per heavy atom. The molecule has 3 aromatic rings. The van der Waals surface area contributed by atoms with E-state index in [4.69, 9.17) is 0 Å². The number of amides is 1. The minimum absolute atomic E-state index is 0.0127. The Morgan fingerprint density at radius 1 is 0.964 bits per heavy atom. The number of para-hydroxylation sites is 1. The van der Waals surface area contributed by atoms with Gasteiger partial charge in [0.2, 0.25) is 0 Å². The molecule has 1 heterocycles. The Labute approximate surface area is 157 Å². The maximum absolute atomic E-state index is 13.1. The highest BCUT2D eigenvalue weighted by Crippen LogP contribution is 2.34. The molecule has 0 spiro atoms. The number of nitrogens with zero attached hydrogens (tertiary/aromatic N) is 1. The minimum Gasteiger partial charge on any atom is -0.321 e. The summed E-state index contributed by atoms with van der Waals surface area (Å²) in [4.78, 5) is 24.4. The SMILES string of the molecule is O=C(Nc1ccccc1C(F)(F)F)c1ccc(=O)n(Cc2ccc(F)cc2)c1. The molecule has 0 unspecified atom stereocenters. The van der Waals surface area contributed by atoms with Gasteiger partial charge in [-0.3, -0.25) is 9.59 Å². The van der Waals surface area contributed by atoms with Crippen LogP contribution in [-0.4, -0.2) is 10.5 Å². The van der Waals surface area contributed by atoms with Crippen molar-refractivity contribution in [1.29, 1.82) is 0 Å². The number of carbonyl (C=O) groups excluding carboxylic acids is 1. The van der Waals surface area contributed by atoms with E-state index in [1.807, 2.05) is 0 Å². The zero-order valence-electron chi connectivity index (χ0n) is 14.3. The number of carbonyl (C=O) groups is 1. The van der Waals surface area contributed by atoms with Crippen molar-refractivity contribution in [3.8, 4) is 0 Å². The van der Waals surface area contributed by atoms with Crippen LogP contribution in [-0.2, 0) is 12.7 Å². The fraction of sp³-hybridized carbons (Fsp3) is 0.100.